The van der Waals surface area contributed by atoms with E-state index < -0.39 is 9.84 Å². The second-order valence-corrected chi connectivity index (χ2v) is 8.71. The van der Waals surface area contributed by atoms with Crippen molar-refractivity contribution in [2.45, 2.75) is 19.3 Å². The number of sulfone groups is 1. The second-order valence-electron chi connectivity index (χ2n) is 6.48. The van der Waals surface area contributed by atoms with Gasteiger partial charge in [0.15, 0.2) is 9.84 Å². The van der Waals surface area contributed by atoms with Crippen molar-refractivity contribution in [2.75, 3.05) is 24.6 Å². The van der Waals surface area contributed by atoms with Gasteiger partial charge in [-0.15, -0.1) is 0 Å². The summed E-state index contributed by atoms with van der Waals surface area (Å²) in [6.45, 7) is 0.544. The van der Waals surface area contributed by atoms with E-state index in [1.54, 1.807) is 24.3 Å². The van der Waals surface area contributed by atoms with E-state index >= 15 is 0 Å². The number of carbonyl (C=O) groups is 3. The first-order valence-electron chi connectivity index (χ1n) is 8.30. The van der Waals surface area contributed by atoms with Crippen molar-refractivity contribution in [3.05, 3.63) is 35.4 Å². The molecule has 1 saturated heterocycles. The number of rotatable bonds is 6. The molecule has 2 heterocycles. The van der Waals surface area contributed by atoms with Crippen LogP contribution in [0.25, 0.3) is 0 Å². The van der Waals surface area contributed by atoms with Crippen molar-refractivity contribution in [3.63, 3.8) is 0 Å². The van der Waals surface area contributed by atoms with Crippen molar-refractivity contribution in [2.24, 2.45) is 5.92 Å². The zero-order chi connectivity index (χ0) is 18.0. The van der Waals surface area contributed by atoms with Crippen LogP contribution in [-0.2, 0) is 14.6 Å². The standard InChI is InChI=1S/C17H20N2O5S/c20-15(18-10-12-7-9-25(23,24)11-12)6-3-8-19-16(21)13-4-1-2-5-14(13)17(19)22/h1-2,4-5,12H,3,6-11H2,(H,18,20). The topological polar surface area (TPSA) is 101 Å². The maximum Gasteiger partial charge on any atom is 0.261 e. The first-order chi connectivity index (χ1) is 11.9. The molecule has 134 valence electrons. The Morgan fingerprint density at radius 3 is 2.36 bits per heavy atom. The maximum absolute atomic E-state index is 12.2. The third-order valence-electron chi connectivity index (χ3n) is 4.58. The predicted molar refractivity (Wildman–Crippen MR) is 90.8 cm³/mol. The molecule has 1 atom stereocenters. The molecule has 0 radical (unpaired) electrons. The Balaban J connectivity index is 1.42. The Morgan fingerprint density at radius 2 is 1.80 bits per heavy atom. The van der Waals surface area contributed by atoms with Gasteiger partial charge >= 0.3 is 0 Å². The molecular weight excluding hydrogens is 344 g/mol. The fourth-order valence-electron chi connectivity index (χ4n) is 3.22. The minimum atomic E-state index is -2.94. The molecule has 2 aliphatic heterocycles. The van der Waals surface area contributed by atoms with Gasteiger partial charge in [0.05, 0.1) is 22.6 Å². The molecule has 3 amide bonds. The number of benzene rings is 1. The molecule has 1 aromatic rings. The molecular formula is C17H20N2O5S. The monoisotopic (exact) mass is 364 g/mol. The minimum Gasteiger partial charge on any atom is -0.356 e. The molecule has 7 nitrogen and oxygen atoms in total. The van der Waals surface area contributed by atoms with E-state index in [4.69, 9.17) is 0 Å². The number of imide groups is 1. The molecule has 0 aliphatic carbocycles. The fourth-order valence-corrected chi connectivity index (χ4v) is 5.08. The van der Waals surface area contributed by atoms with Crippen LogP contribution in [0.5, 0.6) is 0 Å². The third kappa shape index (κ3) is 3.89. The predicted octanol–water partition coefficient (Wildman–Crippen LogP) is 0.614. The summed E-state index contributed by atoms with van der Waals surface area (Å²) >= 11 is 0. The molecule has 0 spiro atoms. The van der Waals surface area contributed by atoms with Crippen LogP contribution in [0, 0.1) is 5.92 Å². The van der Waals surface area contributed by atoms with Crippen LogP contribution in [0.3, 0.4) is 0 Å². The van der Waals surface area contributed by atoms with Gasteiger partial charge < -0.3 is 5.32 Å². The van der Waals surface area contributed by atoms with Crippen LogP contribution in [0.2, 0.25) is 0 Å². The fraction of sp³-hybridized carbons (Fsp3) is 0.471. The van der Waals surface area contributed by atoms with Gasteiger partial charge in [0.25, 0.3) is 11.8 Å². The van der Waals surface area contributed by atoms with Crippen molar-refractivity contribution >= 4 is 27.6 Å². The SMILES string of the molecule is O=C(CCCN1C(=O)c2ccccc2C1=O)NCC1CCS(=O)(=O)C1. The molecule has 1 fully saturated rings. The number of nitrogens with one attached hydrogen (secondary N) is 1. The van der Waals surface area contributed by atoms with Gasteiger partial charge in [-0.2, -0.15) is 0 Å². The number of amides is 3. The Labute approximate surface area is 146 Å². The number of nitrogens with zero attached hydrogens (tertiary/aromatic N) is 1. The molecule has 3 rings (SSSR count). The van der Waals surface area contributed by atoms with E-state index in [9.17, 15) is 22.8 Å². The lowest BCUT2D eigenvalue weighted by molar-refractivity contribution is -0.121. The van der Waals surface area contributed by atoms with Crippen LogP contribution in [0.4, 0.5) is 0 Å². The zero-order valence-electron chi connectivity index (χ0n) is 13.7. The van der Waals surface area contributed by atoms with Gasteiger partial charge in [-0.1, -0.05) is 12.1 Å². The van der Waals surface area contributed by atoms with Gasteiger partial charge in [-0.3, -0.25) is 19.3 Å². The van der Waals surface area contributed by atoms with E-state index in [0.717, 1.165) is 0 Å². The van der Waals surface area contributed by atoms with Gasteiger partial charge in [0.1, 0.15) is 0 Å². The molecule has 8 heteroatoms. The lowest BCUT2D eigenvalue weighted by Crippen LogP contribution is -2.33. The highest BCUT2D eigenvalue weighted by Gasteiger charge is 2.34. The van der Waals surface area contributed by atoms with Gasteiger partial charge in [0, 0.05) is 19.5 Å². The summed E-state index contributed by atoms with van der Waals surface area (Å²) in [6.07, 6.45) is 1.14. The molecule has 1 unspecified atom stereocenters. The van der Waals surface area contributed by atoms with Crippen LogP contribution in [-0.4, -0.2) is 55.6 Å². The highest BCUT2D eigenvalue weighted by Crippen LogP contribution is 2.22. The third-order valence-corrected chi connectivity index (χ3v) is 6.42. The smallest absolute Gasteiger partial charge is 0.261 e. The lowest BCUT2D eigenvalue weighted by atomic mass is 10.1. The average Bonchev–Trinajstić information content (AvgIpc) is 3.05. The summed E-state index contributed by atoms with van der Waals surface area (Å²) in [5.74, 6) is -0.546. The average molecular weight is 364 g/mol. The van der Waals surface area contributed by atoms with E-state index in [1.807, 2.05) is 0 Å². The van der Waals surface area contributed by atoms with E-state index in [0.29, 0.717) is 30.5 Å². The molecule has 25 heavy (non-hydrogen) atoms. The minimum absolute atomic E-state index is 0.0230. The van der Waals surface area contributed by atoms with Crippen molar-refractivity contribution < 1.29 is 22.8 Å². The Hall–Kier alpha value is -2.22. The van der Waals surface area contributed by atoms with Gasteiger partial charge in [-0.05, 0) is 30.9 Å². The van der Waals surface area contributed by atoms with E-state index in [-0.39, 0.29) is 48.1 Å². The van der Waals surface area contributed by atoms with Gasteiger partial charge in [-0.25, -0.2) is 8.42 Å². The highest BCUT2D eigenvalue weighted by atomic mass is 32.2. The molecule has 0 saturated carbocycles. The molecule has 0 bridgehead atoms. The van der Waals surface area contributed by atoms with Crippen LogP contribution >= 0.6 is 0 Å². The van der Waals surface area contributed by atoms with Crippen LogP contribution < -0.4 is 5.32 Å². The Kier molecular flexibility index (Phi) is 4.89. The molecule has 0 aromatic heterocycles. The van der Waals surface area contributed by atoms with Crippen LogP contribution in [0.15, 0.2) is 24.3 Å². The summed E-state index contributed by atoms with van der Waals surface area (Å²) < 4.78 is 22.8. The molecule has 1 aromatic carbocycles. The van der Waals surface area contributed by atoms with Crippen molar-refractivity contribution in [3.8, 4) is 0 Å². The van der Waals surface area contributed by atoms with Crippen molar-refractivity contribution in [1.82, 2.24) is 10.2 Å². The Bertz CT molecular complexity index is 783. The summed E-state index contributed by atoms with van der Waals surface area (Å²) in [5.41, 5.74) is 0.804. The number of fused-ring (bicyclic) bond motifs is 1. The summed E-state index contributed by atoms with van der Waals surface area (Å²) in [6, 6.07) is 6.67. The van der Waals surface area contributed by atoms with Gasteiger partial charge in [0.2, 0.25) is 5.91 Å². The molecule has 2 aliphatic rings. The number of hydrogen-bond acceptors (Lipinski definition) is 5. The maximum atomic E-state index is 12.2. The zero-order valence-corrected chi connectivity index (χ0v) is 14.5. The van der Waals surface area contributed by atoms with Crippen LogP contribution in [0.1, 0.15) is 40.0 Å². The second kappa shape index (κ2) is 6.95. The first-order valence-corrected chi connectivity index (χ1v) is 10.1. The normalized spacial score (nSPS) is 21.4. The lowest BCUT2D eigenvalue weighted by Gasteiger charge is -2.14. The van der Waals surface area contributed by atoms with E-state index in [1.165, 1.54) is 4.90 Å². The highest BCUT2D eigenvalue weighted by molar-refractivity contribution is 7.91. The number of carbonyl (C=O) groups excluding carboxylic acids is 3. The summed E-state index contributed by atoms with van der Waals surface area (Å²) in [4.78, 5) is 37.4. The molecule has 1 N–H and O–H groups in total. The Morgan fingerprint density at radius 1 is 1.16 bits per heavy atom. The quantitative estimate of drug-likeness (QED) is 0.746. The van der Waals surface area contributed by atoms with E-state index in [2.05, 4.69) is 5.32 Å². The summed E-state index contributed by atoms with van der Waals surface area (Å²) in [5, 5.41) is 2.74. The first kappa shape index (κ1) is 17.6. The number of hydrogen-bond donors (Lipinski definition) is 1. The summed E-state index contributed by atoms with van der Waals surface area (Å²) in [7, 11) is -2.94. The van der Waals surface area contributed by atoms with Crippen molar-refractivity contribution in [1.29, 1.82) is 0 Å². The largest absolute Gasteiger partial charge is 0.356 e.